The smallest absolute Gasteiger partial charge is 0.157 e. The third kappa shape index (κ3) is 2.91. The van der Waals surface area contributed by atoms with E-state index in [0.29, 0.717) is 24.2 Å². The van der Waals surface area contributed by atoms with Crippen LogP contribution in [-0.4, -0.2) is 28.8 Å². The largest absolute Gasteiger partial charge is 0.297 e. The normalized spacial score (nSPS) is 35.1. The second-order valence-corrected chi connectivity index (χ2v) is 6.60. The van der Waals surface area contributed by atoms with Crippen molar-refractivity contribution < 1.29 is 4.79 Å². The van der Waals surface area contributed by atoms with Gasteiger partial charge in [-0.15, -0.1) is 0 Å². The molecular formula is C19H29NO. The fourth-order valence-corrected chi connectivity index (χ4v) is 3.89. The number of carbonyl (C=O) groups is 1. The fraction of sp³-hybridized carbons (Fsp3) is 0.632. The molecule has 1 aliphatic heterocycles. The van der Waals surface area contributed by atoms with Gasteiger partial charge in [0.15, 0.2) is 5.78 Å². The molecule has 0 aromatic carbocycles. The Hall–Kier alpha value is -1.15. The van der Waals surface area contributed by atoms with Crippen molar-refractivity contribution in [3.63, 3.8) is 0 Å². The molecule has 116 valence electrons. The highest BCUT2D eigenvalue weighted by molar-refractivity contribution is 5.93. The van der Waals surface area contributed by atoms with Gasteiger partial charge in [-0.1, -0.05) is 44.2 Å². The highest BCUT2D eigenvalue weighted by atomic mass is 16.1. The average Bonchev–Trinajstić information content (AvgIpc) is 2.80. The molecule has 2 aliphatic rings. The lowest BCUT2D eigenvalue weighted by Gasteiger charge is -2.46. The molecule has 2 fully saturated rings. The zero-order valence-corrected chi connectivity index (χ0v) is 13.8. The number of likely N-dealkylation sites (tertiary alicyclic amines) is 1. The van der Waals surface area contributed by atoms with Gasteiger partial charge in [0.1, 0.15) is 5.54 Å². The van der Waals surface area contributed by atoms with Crippen molar-refractivity contribution in [3.05, 3.63) is 36.5 Å². The number of hydrogen-bond donors (Lipinski definition) is 0. The standard InChI is InChI=1S/C19H29NO/c1-5-6-7-10-16(3)19(13-9-8-11-18(19)21)20-14-12-15(2)17(20)4/h5-7,10,15,17H,3,8-9,11-14H2,1-2,4H3/b6-5-,10-7-/t15?,17?,19-/m0/s1. The van der Waals surface area contributed by atoms with Crippen LogP contribution in [0.1, 0.15) is 52.9 Å². The van der Waals surface area contributed by atoms with E-state index >= 15 is 0 Å². The molecule has 1 saturated heterocycles. The number of carbonyl (C=O) groups excluding carboxylic acids is 1. The molecule has 1 aliphatic carbocycles. The molecule has 1 saturated carbocycles. The Morgan fingerprint density at radius 3 is 2.67 bits per heavy atom. The van der Waals surface area contributed by atoms with E-state index in [-0.39, 0.29) is 0 Å². The molecule has 3 atom stereocenters. The Balaban J connectivity index is 2.35. The summed E-state index contributed by atoms with van der Waals surface area (Å²) in [4.78, 5) is 15.3. The molecule has 1 heterocycles. The van der Waals surface area contributed by atoms with E-state index < -0.39 is 5.54 Å². The zero-order chi connectivity index (χ0) is 15.5. The molecule has 2 rings (SSSR count). The monoisotopic (exact) mass is 287 g/mol. The van der Waals surface area contributed by atoms with Crippen molar-refractivity contribution in [2.24, 2.45) is 5.92 Å². The van der Waals surface area contributed by atoms with Gasteiger partial charge in [-0.3, -0.25) is 9.69 Å². The summed E-state index contributed by atoms with van der Waals surface area (Å²) in [6.07, 6.45) is 13.0. The van der Waals surface area contributed by atoms with Gasteiger partial charge < -0.3 is 0 Å². The van der Waals surface area contributed by atoms with Crippen LogP contribution in [0.4, 0.5) is 0 Å². The van der Waals surface area contributed by atoms with Crippen LogP contribution >= 0.6 is 0 Å². The third-order valence-electron chi connectivity index (χ3n) is 5.42. The SMILES string of the molecule is C=C(/C=C\C=C/C)[C@@]1(N2CCC(C)C2C)CCCCC1=O. The zero-order valence-electron chi connectivity index (χ0n) is 13.8. The summed E-state index contributed by atoms with van der Waals surface area (Å²) in [5.74, 6) is 1.04. The fourth-order valence-electron chi connectivity index (χ4n) is 3.89. The van der Waals surface area contributed by atoms with E-state index in [2.05, 4.69) is 25.3 Å². The van der Waals surface area contributed by atoms with Gasteiger partial charge in [0.2, 0.25) is 0 Å². The predicted molar refractivity (Wildman–Crippen MR) is 89.2 cm³/mol. The van der Waals surface area contributed by atoms with Crippen LogP contribution in [0.2, 0.25) is 0 Å². The summed E-state index contributed by atoms with van der Waals surface area (Å²) in [5.41, 5.74) is 0.534. The Kier molecular flexibility index (Phi) is 5.21. The van der Waals surface area contributed by atoms with Crippen molar-refractivity contribution in [3.8, 4) is 0 Å². The number of ketones is 1. The molecule has 0 radical (unpaired) electrons. The second-order valence-electron chi connectivity index (χ2n) is 6.60. The predicted octanol–water partition coefficient (Wildman–Crippen LogP) is 4.29. The van der Waals surface area contributed by atoms with E-state index in [1.54, 1.807) is 0 Å². The maximum absolute atomic E-state index is 12.9. The molecule has 2 heteroatoms. The van der Waals surface area contributed by atoms with Gasteiger partial charge in [0.05, 0.1) is 0 Å². The Morgan fingerprint density at radius 1 is 1.33 bits per heavy atom. The number of allylic oxidation sites excluding steroid dienone is 3. The summed E-state index contributed by atoms with van der Waals surface area (Å²) in [7, 11) is 0. The van der Waals surface area contributed by atoms with E-state index in [9.17, 15) is 4.79 Å². The minimum Gasteiger partial charge on any atom is -0.297 e. The summed E-state index contributed by atoms with van der Waals surface area (Å²) >= 11 is 0. The van der Waals surface area contributed by atoms with E-state index in [1.165, 1.54) is 6.42 Å². The summed E-state index contributed by atoms with van der Waals surface area (Å²) < 4.78 is 0. The number of Topliss-reactive ketones (excluding diaryl/α,β-unsaturated/α-hetero) is 1. The van der Waals surface area contributed by atoms with Gasteiger partial charge in [0.25, 0.3) is 0 Å². The lowest BCUT2D eigenvalue weighted by molar-refractivity contribution is -0.132. The molecule has 2 nitrogen and oxygen atoms in total. The van der Waals surface area contributed by atoms with Crippen molar-refractivity contribution in [2.75, 3.05) is 6.54 Å². The van der Waals surface area contributed by atoms with Crippen molar-refractivity contribution in [1.82, 2.24) is 4.90 Å². The molecule has 0 spiro atoms. The molecule has 0 aromatic heterocycles. The quantitative estimate of drug-likeness (QED) is 0.719. The van der Waals surface area contributed by atoms with Crippen molar-refractivity contribution in [1.29, 1.82) is 0 Å². The van der Waals surface area contributed by atoms with Gasteiger partial charge >= 0.3 is 0 Å². The van der Waals surface area contributed by atoms with Crippen LogP contribution in [0.15, 0.2) is 36.5 Å². The number of rotatable bonds is 4. The Labute approximate surface area is 129 Å². The second kappa shape index (κ2) is 6.74. The van der Waals surface area contributed by atoms with E-state index in [1.807, 2.05) is 31.2 Å². The molecule has 21 heavy (non-hydrogen) atoms. The van der Waals surface area contributed by atoms with Gasteiger partial charge in [-0.05, 0) is 44.6 Å². The highest BCUT2D eigenvalue weighted by Crippen LogP contribution is 2.42. The molecule has 0 N–H and O–H groups in total. The summed E-state index contributed by atoms with van der Waals surface area (Å²) in [5, 5.41) is 0. The maximum atomic E-state index is 12.9. The molecular weight excluding hydrogens is 258 g/mol. The van der Waals surface area contributed by atoms with Crippen LogP contribution in [0, 0.1) is 5.92 Å². The first-order chi connectivity index (χ1) is 10.0. The highest BCUT2D eigenvalue weighted by Gasteiger charge is 2.50. The lowest BCUT2D eigenvalue weighted by atomic mass is 9.73. The Bertz CT molecular complexity index is 462. The van der Waals surface area contributed by atoms with Crippen LogP contribution < -0.4 is 0 Å². The first-order valence-electron chi connectivity index (χ1n) is 8.33. The third-order valence-corrected chi connectivity index (χ3v) is 5.42. The first kappa shape index (κ1) is 16.2. The van der Waals surface area contributed by atoms with Crippen LogP contribution in [0.25, 0.3) is 0 Å². The molecule has 2 unspecified atom stereocenters. The van der Waals surface area contributed by atoms with Gasteiger partial charge in [-0.25, -0.2) is 0 Å². The summed E-state index contributed by atoms with van der Waals surface area (Å²) in [6.45, 7) is 11.9. The summed E-state index contributed by atoms with van der Waals surface area (Å²) in [6, 6.07) is 0.457. The Morgan fingerprint density at radius 2 is 2.10 bits per heavy atom. The van der Waals surface area contributed by atoms with Gasteiger partial charge in [-0.2, -0.15) is 0 Å². The minimum absolute atomic E-state index is 0.379. The van der Waals surface area contributed by atoms with E-state index in [0.717, 1.165) is 31.4 Å². The molecule has 0 bridgehead atoms. The van der Waals surface area contributed by atoms with E-state index in [4.69, 9.17) is 0 Å². The van der Waals surface area contributed by atoms with Crippen molar-refractivity contribution in [2.45, 2.75) is 64.5 Å². The lowest BCUT2D eigenvalue weighted by Crippen LogP contribution is -2.58. The maximum Gasteiger partial charge on any atom is 0.157 e. The number of hydrogen-bond acceptors (Lipinski definition) is 2. The first-order valence-corrected chi connectivity index (χ1v) is 8.33. The van der Waals surface area contributed by atoms with Gasteiger partial charge in [0, 0.05) is 19.0 Å². The molecule has 0 aromatic rings. The van der Waals surface area contributed by atoms with Crippen LogP contribution in [-0.2, 0) is 4.79 Å². The molecule has 0 amide bonds. The topological polar surface area (TPSA) is 20.3 Å². The van der Waals surface area contributed by atoms with Crippen LogP contribution in [0.3, 0.4) is 0 Å². The number of nitrogens with zero attached hydrogens (tertiary/aromatic N) is 1. The van der Waals surface area contributed by atoms with Crippen LogP contribution in [0.5, 0.6) is 0 Å². The minimum atomic E-state index is -0.444. The van der Waals surface area contributed by atoms with Crippen molar-refractivity contribution >= 4 is 5.78 Å². The average molecular weight is 287 g/mol.